The van der Waals surface area contributed by atoms with Gasteiger partial charge in [-0.25, -0.2) is 4.39 Å². The van der Waals surface area contributed by atoms with Crippen molar-refractivity contribution in [3.63, 3.8) is 0 Å². The predicted octanol–water partition coefficient (Wildman–Crippen LogP) is 4.71. The van der Waals surface area contributed by atoms with E-state index in [4.69, 9.17) is 16.3 Å². The Hall–Kier alpha value is -2.86. The Morgan fingerprint density at radius 1 is 1.21 bits per heavy atom. The van der Waals surface area contributed by atoms with E-state index in [1.807, 2.05) is 6.92 Å². The average Bonchev–Trinajstić information content (AvgIpc) is 2.97. The number of benzene rings is 2. The van der Waals surface area contributed by atoms with Gasteiger partial charge in [-0.1, -0.05) is 37.1 Å². The van der Waals surface area contributed by atoms with Crippen LogP contribution in [-0.4, -0.2) is 35.4 Å². The van der Waals surface area contributed by atoms with E-state index in [0.717, 1.165) is 6.42 Å². The van der Waals surface area contributed by atoms with Crippen molar-refractivity contribution in [1.82, 2.24) is 4.90 Å². The summed E-state index contributed by atoms with van der Waals surface area (Å²) in [4.78, 5) is 27.0. The van der Waals surface area contributed by atoms with E-state index >= 15 is 0 Å². The lowest BCUT2D eigenvalue weighted by atomic mass is 9.95. The van der Waals surface area contributed by atoms with Crippen molar-refractivity contribution in [3.05, 3.63) is 70.0 Å². The van der Waals surface area contributed by atoms with Crippen LogP contribution in [0.25, 0.3) is 5.76 Å². The van der Waals surface area contributed by atoms with Crippen molar-refractivity contribution >= 4 is 29.1 Å². The van der Waals surface area contributed by atoms with Gasteiger partial charge in [-0.2, -0.15) is 0 Å². The first-order valence-corrected chi connectivity index (χ1v) is 9.64. The minimum Gasteiger partial charge on any atom is -0.507 e. The number of Topliss-reactive ketones (excluding diaryl/α,β-unsaturated/α-hetero) is 1. The Balaban J connectivity index is 2.22. The highest BCUT2D eigenvalue weighted by Crippen LogP contribution is 2.41. The van der Waals surface area contributed by atoms with E-state index in [2.05, 4.69) is 0 Å². The zero-order chi connectivity index (χ0) is 21.1. The van der Waals surface area contributed by atoms with Crippen molar-refractivity contribution in [2.75, 3.05) is 13.7 Å². The minimum atomic E-state index is -0.828. The molecule has 1 N–H and O–H groups in total. The number of nitrogens with zero attached hydrogens (tertiary/aromatic N) is 1. The molecule has 0 bridgehead atoms. The number of hydrogen-bond acceptors (Lipinski definition) is 4. The molecule has 1 unspecified atom stereocenters. The first-order valence-electron chi connectivity index (χ1n) is 9.26. The van der Waals surface area contributed by atoms with Crippen LogP contribution in [0.3, 0.4) is 0 Å². The van der Waals surface area contributed by atoms with Gasteiger partial charge >= 0.3 is 0 Å². The van der Waals surface area contributed by atoms with Gasteiger partial charge in [-0.3, -0.25) is 9.59 Å². The molecule has 1 saturated heterocycles. The van der Waals surface area contributed by atoms with Gasteiger partial charge in [0.2, 0.25) is 0 Å². The molecule has 5 nitrogen and oxygen atoms in total. The molecular weight excluding hydrogens is 397 g/mol. The van der Waals surface area contributed by atoms with Gasteiger partial charge in [0, 0.05) is 11.6 Å². The van der Waals surface area contributed by atoms with Gasteiger partial charge in [-0.15, -0.1) is 0 Å². The monoisotopic (exact) mass is 417 g/mol. The maximum atomic E-state index is 13.5. The number of aliphatic hydroxyl groups is 1. The average molecular weight is 418 g/mol. The Morgan fingerprint density at radius 2 is 1.90 bits per heavy atom. The molecule has 0 aliphatic carbocycles. The van der Waals surface area contributed by atoms with Crippen molar-refractivity contribution in [2.24, 2.45) is 0 Å². The fourth-order valence-electron chi connectivity index (χ4n) is 3.44. The number of rotatable bonds is 6. The molecule has 1 fully saturated rings. The molecule has 1 heterocycles. The molecule has 1 atom stereocenters. The van der Waals surface area contributed by atoms with E-state index < -0.39 is 23.5 Å². The highest BCUT2D eigenvalue weighted by Gasteiger charge is 2.46. The summed E-state index contributed by atoms with van der Waals surface area (Å²) in [7, 11) is 1.43. The Labute approximate surface area is 173 Å². The van der Waals surface area contributed by atoms with Crippen LogP contribution in [0.2, 0.25) is 5.02 Å². The fraction of sp³-hybridized carbons (Fsp3) is 0.273. The number of unbranched alkanes of at least 4 members (excludes halogenated alkanes) is 1. The molecule has 152 valence electrons. The summed E-state index contributed by atoms with van der Waals surface area (Å²) in [5.74, 6) is -2.00. The van der Waals surface area contributed by atoms with Gasteiger partial charge in [0.1, 0.15) is 17.3 Å². The Bertz CT molecular complexity index is 971. The molecular formula is C22H21ClFNO4. The summed E-state index contributed by atoms with van der Waals surface area (Å²) in [6.07, 6.45) is 1.51. The van der Waals surface area contributed by atoms with Crippen molar-refractivity contribution in [2.45, 2.75) is 25.8 Å². The number of carbonyl (C=O) groups excluding carboxylic acids is 2. The molecule has 7 heteroatoms. The topological polar surface area (TPSA) is 66.8 Å². The molecule has 29 heavy (non-hydrogen) atoms. The highest BCUT2D eigenvalue weighted by molar-refractivity contribution is 6.46. The molecule has 0 saturated carbocycles. The standard InChI is InChI=1S/C22H21ClFNO4/c1-3-4-11-25-19(13-5-8-15(24)9-6-13)18(21(27)22(25)28)20(26)16-12-14(23)7-10-17(16)29-2/h5-10,12,19,26H,3-4,11H2,1-2H3/b20-18+. The second kappa shape index (κ2) is 8.66. The van der Waals surface area contributed by atoms with Crippen LogP contribution < -0.4 is 4.74 Å². The van der Waals surface area contributed by atoms with E-state index in [0.29, 0.717) is 29.3 Å². The second-order valence-electron chi connectivity index (χ2n) is 6.74. The van der Waals surface area contributed by atoms with Crippen LogP contribution in [-0.2, 0) is 9.59 Å². The lowest BCUT2D eigenvalue weighted by molar-refractivity contribution is -0.139. The molecule has 0 spiro atoms. The van der Waals surface area contributed by atoms with Crippen LogP contribution in [0.1, 0.15) is 36.9 Å². The normalized spacial score (nSPS) is 18.3. The molecule has 1 amide bonds. The summed E-state index contributed by atoms with van der Waals surface area (Å²) in [6.45, 7) is 2.31. The molecule has 3 rings (SSSR count). The molecule has 2 aromatic carbocycles. The number of hydrogen-bond donors (Lipinski definition) is 1. The first kappa shape index (κ1) is 20.9. The summed E-state index contributed by atoms with van der Waals surface area (Å²) < 4.78 is 18.7. The highest BCUT2D eigenvalue weighted by atomic mass is 35.5. The predicted molar refractivity (Wildman–Crippen MR) is 108 cm³/mol. The number of ketones is 1. The van der Waals surface area contributed by atoms with Crippen LogP contribution in [0.4, 0.5) is 4.39 Å². The smallest absolute Gasteiger partial charge is 0.295 e. The third-order valence-corrected chi connectivity index (χ3v) is 5.13. The number of amides is 1. The van der Waals surface area contributed by atoms with Crippen LogP contribution in [0.5, 0.6) is 5.75 Å². The van der Waals surface area contributed by atoms with E-state index in [-0.39, 0.29) is 16.9 Å². The number of aliphatic hydroxyl groups excluding tert-OH is 1. The molecule has 0 radical (unpaired) electrons. The fourth-order valence-corrected chi connectivity index (χ4v) is 3.61. The molecule has 2 aromatic rings. The van der Waals surface area contributed by atoms with E-state index in [9.17, 15) is 19.1 Å². The van der Waals surface area contributed by atoms with Crippen molar-refractivity contribution < 1.29 is 23.8 Å². The third-order valence-electron chi connectivity index (χ3n) is 4.89. The Morgan fingerprint density at radius 3 is 2.52 bits per heavy atom. The van der Waals surface area contributed by atoms with Crippen LogP contribution in [0.15, 0.2) is 48.0 Å². The van der Waals surface area contributed by atoms with Crippen molar-refractivity contribution in [3.8, 4) is 5.75 Å². The summed E-state index contributed by atoms with van der Waals surface area (Å²) in [6, 6.07) is 9.33. The lowest BCUT2D eigenvalue weighted by Gasteiger charge is -2.25. The zero-order valence-corrected chi connectivity index (χ0v) is 16.9. The molecule has 1 aliphatic rings. The van der Waals surface area contributed by atoms with E-state index in [1.54, 1.807) is 12.1 Å². The third kappa shape index (κ3) is 3.98. The minimum absolute atomic E-state index is 0.0710. The summed E-state index contributed by atoms with van der Waals surface area (Å²) in [5.41, 5.74) is 0.670. The van der Waals surface area contributed by atoms with Crippen LogP contribution >= 0.6 is 11.6 Å². The van der Waals surface area contributed by atoms with Crippen LogP contribution in [0, 0.1) is 5.82 Å². The first-order chi connectivity index (χ1) is 13.9. The van der Waals surface area contributed by atoms with Gasteiger partial charge < -0.3 is 14.7 Å². The van der Waals surface area contributed by atoms with Gasteiger partial charge in [0.05, 0.1) is 24.3 Å². The molecule has 0 aromatic heterocycles. The summed E-state index contributed by atoms with van der Waals surface area (Å²) >= 11 is 6.06. The van der Waals surface area contributed by atoms with Gasteiger partial charge in [0.25, 0.3) is 11.7 Å². The van der Waals surface area contributed by atoms with Crippen molar-refractivity contribution in [1.29, 1.82) is 0 Å². The summed E-state index contributed by atoms with van der Waals surface area (Å²) in [5, 5.41) is 11.4. The number of methoxy groups -OCH3 is 1. The number of halogens is 2. The number of carbonyl (C=O) groups is 2. The number of ether oxygens (including phenoxy) is 1. The maximum Gasteiger partial charge on any atom is 0.295 e. The molecule has 1 aliphatic heterocycles. The van der Waals surface area contributed by atoms with E-state index in [1.165, 1.54) is 42.3 Å². The second-order valence-corrected chi connectivity index (χ2v) is 7.18. The maximum absolute atomic E-state index is 13.5. The van der Waals surface area contributed by atoms with Gasteiger partial charge in [0.15, 0.2) is 0 Å². The van der Waals surface area contributed by atoms with Gasteiger partial charge in [-0.05, 0) is 42.3 Å². The zero-order valence-electron chi connectivity index (χ0n) is 16.1. The largest absolute Gasteiger partial charge is 0.507 e. The quantitative estimate of drug-likeness (QED) is 0.420. The number of likely N-dealkylation sites (tertiary alicyclic amines) is 1. The SMILES string of the molecule is CCCCN1C(=O)C(=O)/C(=C(/O)c2cc(Cl)ccc2OC)C1c1ccc(F)cc1. The lowest BCUT2D eigenvalue weighted by Crippen LogP contribution is -2.30. The Kier molecular flexibility index (Phi) is 6.23.